The molecule has 2 nitrogen and oxygen atoms in total. The van der Waals surface area contributed by atoms with Gasteiger partial charge in [0, 0.05) is 10.9 Å². The maximum absolute atomic E-state index is 5.75. The zero-order valence-electron chi connectivity index (χ0n) is 9.87. The number of benzene rings is 1. The SMILES string of the molecule is CCOc1ccc(-c2csc(CCl)n2)cc1C. The first-order valence-electron chi connectivity index (χ1n) is 5.48. The van der Waals surface area contributed by atoms with Gasteiger partial charge in [-0.2, -0.15) is 0 Å². The first kappa shape index (κ1) is 12.4. The highest BCUT2D eigenvalue weighted by atomic mass is 35.5. The Labute approximate surface area is 110 Å². The van der Waals surface area contributed by atoms with E-state index in [1.807, 2.05) is 31.4 Å². The Morgan fingerprint density at radius 3 is 2.82 bits per heavy atom. The van der Waals surface area contributed by atoms with Gasteiger partial charge in [0.25, 0.3) is 0 Å². The fourth-order valence-corrected chi connectivity index (χ4v) is 2.53. The number of hydrogen-bond donors (Lipinski definition) is 0. The van der Waals surface area contributed by atoms with Crippen molar-refractivity contribution in [2.45, 2.75) is 19.7 Å². The molecule has 0 radical (unpaired) electrons. The van der Waals surface area contributed by atoms with E-state index >= 15 is 0 Å². The summed E-state index contributed by atoms with van der Waals surface area (Å²) in [6, 6.07) is 6.12. The van der Waals surface area contributed by atoms with E-state index < -0.39 is 0 Å². The number of ether oxygens (including phenoxy) is 1. The highest BCUT2D eigenvalue weighted by molar-refractivity contribution is 7.10. The third-order valence-electron chi connectivity index (χ3n) is 2.44. The lowest BCUT2D eigenvalue weighted by Gasteiger charge is -2.07. The minimum atomic E-state index is 0.473. The third kappa shape index (κ3) is 2.79. The molecule has 4 heteroatoms. The van der Waals surface area contributed by atoms with Crippen LogP contribution in [0.5, 0.6) is 5.75 Å². The molecule has 0 amide bonds. The Balaban J connectivity index is 2.30. The molecule has 0 aliphatic rings. The number of rotatable bonds is 4. The van der Waals surface area contributed by atoms with Crippen LogP contribution in [0, 0.1) is 6.92 Å². The van der Waals surface area contributed by atoms with Crippen LogP contribution in [0.25, 0.3) is 11.3 Å². The molecular weight excluding hydrogens is 254 g/mol. The largest absolute Gasteiger partial charge is 0.494 e. The average molecular weight is 268 g/mol. The maximum Gasteiger partial charge on any atom is 0.122 e. The van der Waals surface area contributed by atoms with Crippen molar-refractivity contribution in [3.05, 3.63) is 34.2 Å². The molecule has 0 aliphatic heterocycles. The first-order chi connectivity index (χ1) is 8.24. The molecule has 0 atom stereocenters. The van der Waals surface area contributed by atoms with Crippen LogP contribution in [-0.4, -0.2) is 11.6 Å². The van der Waals surface area contributed by atoms with Gasteiger partial charge in [-0.3, -0.25) is 0 Å². The summed E-state index contributed by atoms with van der Waals surface area (Å²) in [6.07, 6.45) is 0. The summed E-state index contributed by atoms with van der Waals surface area (Å²) in [5.74, 6) is 1.41. The normalized spacial score (nSPS) is 10.5. The predicted octanol–water partition coefficient (Wildman–Crippen LogP) is 4.26. The van der Waals surface area contributed by atoms with Crippen LogP contribution in [0.1, 0.15) is 17.5 Å². The average Bonchev–Trinajstić information content (AvgIpc) is 2.80. The van der Waals surface area contributed by atoms with Gasteiger partial charge in [0.1, 0.15) is 10.8 Å². The lowest BCUT2D eigenvalue weighted by molar-refractivity contribution is 0.338. The molecule has 0 saturated carbocycles. The van der Waals surface area contributed by atoms with Gasteiger partial charge in [0.05, 0.1) is 18.2 Å². The monoisotopic (exact) mass is 267 g/mol. The fourth-order valence-electron chi connectivity index (χ4n) is 1.63. The summed E-state index contributed by atoms with van der Waals surface area (Å²) in [4.78, 5) is 4.46. The lowest BCUT2D eigenvalue weighted by Crippen LogP contribution is -1.94. The molecule has 2 rings (SSSR count). The summed E-state index contributed by atoms with van der Waals surface area (Å²) in [5, 5.41) is 2.99. The molecule has 0 fully saturated rings. The Kier molecular flexibility index (Phi) is 4.02. The van der Waals surface area contributed by atoms with E-state index in [4.69, 9.17) is 16.3 Å². The number of aryl methyl sites for hydroxylation is 1. The second-order valence-electron chi connectivity index (χ2n) is 3.67. The molecular formula is C13H14ClNOS. The van der Waals surface area contributed by atoms with Crippen molar-refractivity contribution in [1.29, 1.82) is 0 Å². The van der Waals surface area contributed by atoms with Gasteiger partial charge < -0.3 is 4.74 Å². The van der Waals surface area contributed by atoms with Crippen LogP contribution in [0.4, 0.5) is 0 Å². The fraction of sp³-hybridized carbons (Fsp3) is 0.308. The van der Waals surface area contributed by atoms with E-state index in [9.17, 15) is 0 Å². The van der Waals surface area contributed by atoms with Crippen molar-refractivity contribution >= 4 is 22.9 Å². The highest BCUT2D eigenvalue weighted by Crippen LogP contribution is 2.27. The van der Waals surface area contributed by atoms with Crippen LogP contribution in [0.2, 0.25) is 0 Å². The van der Waals surface area contributed by atoms with Crippen molar-refractivity contribution < 1.29 is 4.74 Å². The molecule has 1 aromatic carbocycles. The van der Waals surface area contributed by atoms with Gasteiger partial charge in [0.2, 0.25) is 0 Å². The Morgan fingerprint density at radius 2 is 2.24 bits per heavy atom. The second kappa shape index (κ2) is 5.52. The minimum Gasteiger partial charge on any atom is -0.494 e. The molecule has 1 heterocycles. The molecule has 0 bridgehead atoms. The van der Waals surface area contributed by atoms with E-state index in [0.717, 1.165) is 27.6 Å². The topological polar surface area (TPSA) is 22.1 Å². The Bertz CT molecular complexity index is 510. The lowest BCUT2D eigenvalue weighted by atomic mass is 10.1. The number of thiazole rings is 1. The minimum absolute atomic E-state index is 0.473. The van der Waals surface area contributed by atoms with Crippen LogP contribution in [0.15, 0.2) is 23.6 Å². The zero-order valence-corrected chi connectivity index (χ0v) is 11.4. The van der Waals surface area contributed by atoms with E-state index in [-0.39, 0.29) is 0 Å². The molecule has 90 valence electrons. The van der Waals surface area contributed by atoms with Crippen molar-refractivity contribution in [3.8, 4) is 17.0 Å². The number of aromatic nitrogens is 1. The highest BCUT2D eigenvalue weighted by Gasteiger charge is 2.06. The predicted molar refractivity (Wildman–Crippen MR) is 73.0 cm³/mol. The standard InChI is InChI=1S/C13H14ClNOS/c1-3-16-12-5-4-10(6-9(12)2)11-8-17-13(7-14)15-11/h4-6,8H,3,7H2,1-2H3. The molecule has 0 spiro atoms. The summed E-state index contributed by atoms with van der Waals surface area (Å²) < 4.78 is 5.51. The number of nitrogens with zero attached hydrogens (tertiary/aromatic N) is 1. The van der Waals surface area contributed by atoms with Crippen molar-refractivity contribution in [3.63, 3.8) is 0 Å². The van der Waals surface area contributed by atoms with Crippen LogP contribution in [-0.2, 0) is 5.88 Å². The van der Waals surface area contributed by atoms with Crippen molar-refractivity contribution in [1.82, 2.24) is 4.98 Å². The Morgan fingerprint density at radius 1 is 1.41 bits per heavy atom. The molecule has 17 heavy (non-hydrogen) atoms. The van der Waals surface area contributed by atoms with Gasteiger partial charge in [-0.05, 0) is 37.6 Å². The summed E-state index contributed by atoms with van der Waals surface area (Å²) in [6.45, 7) is 4.72. The zero-order chi connectivity index (χ0) is 12.3. The smallest absolute Gasteiger partial charge is 0.122 e. The molecule has 1 aromatic heterocycles. The number of hydrogen-bond acceptors (Lipinski definition) is 3. The molecule has 0 N–H and O–H groups in total. The van der Waals surface area contributed by atoms with Gasteiger partial charge in [-0.15, -0.1) is 22.9 Å². The van der Waals surface area contributed by atoms with Crippen LogP contribution < -0.4 is 4.74 Å². The van der Waals surface area contributed by atoms with Gasteiger partial charge in [0.15, 0.2) is 0 Å². The molecule has 0 saturated heterocycles. The third-order valence-corrected chi connectivity index (χ3v) is 3.70. The van der Waals surface area contributed by atoms with Crippen molar-refractivity contribution in [2.75, 3.05) is 6.61 Å². The van der Waals surface area contributed by atoms with E-state index in [1.54, 1.807) is 11.3 Å². The first-order valence-corrected chi connectivity index (χ1v) is 6.90. The van der Waals surface area contributed by atoms with Gasteiger partial charge in [-0.25, -0.2) is 4.98 Å². The number of halogens is 1. The van der Waals surface area contributed by atoms with Gasteiger partial charge in [-0.1, -0.05) is 0 Å². The summed E-state index contributed by atoms with van der Waals surface area (Å²) in [7, 11) is 0. The van der Waals surface area contributed by atoms with Crippen LogP contribution in [0.3, 0.4) is 0 Å². The van der Waals surface area contributed by atoms with Crippen LogP contribution >= 0.6 is 22.9 Å². The van der Waals surface area contributed by atoms with Gasteiger partial charge >= 0.3 is 0 Å². The van der Waals surface area contributed by atoms with Crippen molar-refractivity contribution in [2.24, 2.45) is 0 Å². The summed E-state index contributed by atoms with van der Waals surface area (Å²) >= 11 is 7.34. The quantitative estimate of drug-likeness (QED) is 0.773. The molecule has 0 unspecified atom stereocenters. The number of alkyl halides is 1. The maximum atomic E-state index is 5.75. The molecule has 2 aromatic rings. The van der Waals surface area contributed by atoms with E-state index in [2.05, 4.69) is 11.1 Å². The molecule has 0 aliphatic carbocycles. The van der Waals surface area contributed by atoms with E-state index in [0.29, 0.717) is 12.5 Å². The van der Waals surface area contributed by atoms with E-state index in [1.165, 1.54) is 0 Å². The summed E-state index contributed by atoms with van der Waals surface area (Å²) in [5.41, 5.74) is 3.22. The second-order valence-corrected chi connectivity index (χ2v) is 4.88. The Hall–Kier alpha value is -1.06.